The molecule has 0 aliphatic heterocycles. The van der Waals surface area contributed by atoms with Crippen LogP contribution < -0.4 is 10.2 Å². The summed E-state index contributed by atoms with van der Waals surface area (Å²) < 4.78 is 5.27. The van der Waals surface area contributed by atoms with E-state index < -0.39 is 0 Å². The van der Waals surface area contributed by atoms with E-state index in [0.717, 1.165) is 25.6 Å². The minimum Gasteiger partial charge on any atom is -0.383 e. The highest BCUT2D eigenvalue weighted by Gasteiger charge is 2.34. The lowest BCUT2D eigenvalue weighted by Crippen LogP contribution is -2.29. The van der Waals surface area contributed by atoms with Crippen LogP contribution in [0, 0.1) is 0 Å². The molecular formula is C16H27N3OS. The highest BCUT2D eigenvalue weighted by molar-refractivity contribution is 7.15. The number of hydrogen-bond donors (Lipinski definition) is 1. The Morgan fingerprint density at radius 3 is 2.67 bits per heavy atom. The summed E-state index contributed by atoms with van der Waals surface area (Å²) in [5.41, 5.74) is 1.37. The van der Waals surface area contributed by atoms with Crippen LogP contribution in [0.2, 0.25) is 0 Å². The molecule has 5 heteroatoms. The monoisotopic (exact) mass is 309 g/mol. The summed E-state index contributed by atoms with van der Waals surface area (Å²) in [4.78, 5) is 8.93. The highest BCUT2D eigenvalue weighted by Crippen LogP contribution is 2.45. The van der Waals surface area contributed by atoms with Crippen LogP contribution in [0.25, 0.3) is 0 Å². The van der Waals surface area contributed by atoms with Crippen molar-refractivity contribution in [2.24, 2.45) is 0 Å². The molecule has 0 radical (unpaired) electrons. The van der Waals surface area contributed by atoms with E-state index >= 15 is 0 Å². The molecule has 1 aromatic rings. The predicted octanol–water partition coefficient (Wildman–Crippen LogP) is 3.13. The Kier molecular flexibility index (Phi) is 4.82. The lowest BCUT2D eigenvalue weighted by atomic mass is 10.2. The van der Waals surface area contributed by atoms with E-state index in [1.807, 2.05) is 11.3 Å². The van der Waals surface area contributed by atoms with E-state index in [-0.39, 0.29) is 0 Å². The van der Waals surface area contributed by atoms with Crippen molar-refractivity contribution < 1.29 is 4.74 Å². The van der Waals surface area contributed by atoms with Crippen molar-refractivity contribution in [3.8, 4) is 0 Å². The zero-order chi connectivity index (χ0) is 14.8. The first kappa shape index (κ1) is 15.3. The topological polar surface area (TPSA) is 37.4 Å². The number of rotatable bonds is 9. The molecule has 3 rings (SSSR count). The van der Waals surface area contributed by atoms with Crippen molar-refractivity contribution in [1.82, 2.24) is 10.3 Å². The fourth-order valence-electron chi connectivity index (χ4n) is 2.58. The van der Waals surface area contributed by atoms with Crippen molar-refractivity contribution in [2.45, 2.75) is 64.1 Å². The zero-order valence-corrected chi connectivity index (χ0v) is 14.2. The summed E-state index contributed by atoms with van der Waals surface area (Å²) >= 11 is 1.89. The first-order valence-electron chi connectivity index (χ1n) is 8.17. The van der Waals surface area contributed by atoms with Gasteiger partial charge in [-0.2, -0.15) is 0 Å². The van der Waals surface area contributed by atoms with Crippen molar-refractivity contribution in [2.75, 3.05) is 25.2 Å². The molecule has 1 N–H and O–H groups in total. The number of thiazole rings is 1. The molecule has 1 heterocycles. The molecule has 0 spiro atoms. The Morgan fingerprint density at radius 2 is 2.10 bits per heavy atom. The second-order valence-electron chi connectivity index (χ2n) is 6.53. The van der Waals surface area contributed by atoms with Gasteiger partial charge in [-0.15, -0.1) is 11.3 Å². The Hall–Kier alpha value is -0.650. The normalized spacial score (nSPS) is 18.5. The van der Waals surface area contributed by atoms with Crippen LogP contribution >= 0.6 is 11.3 Å². The van der Waals surface area contributed by atoms with Crippen LogP contribution in [0.15, 0.2) is 0 Å². The van der Waals surface area contributed by atoms with Gasteiger partial charge in [-0.3, -0.25) is 0 Å². The molecule has 1 aromatic heterocycles. The van der Waals surface area contributed by atoms with Crippen LogP contribution in [0.3, 0.4) is 0 Å². The predicted molar refractivity (Wildman–Crippen MR) is 88.3 cm³/mol. The average molecular weight is 309 g/mol. The third-order valence-corrected chi connectivity index (χ3v) is 5.23. The van der Waals surface area contributed by atoms with Gasteiger partial charge in [-0.25, -0.2) is 4.98 Å². The van der Waals surface area contributed by atoms with Gasteiger partial charge in [0, 0.05) is 43.1 Å². The smallest absolute Gasteiger partial charge is 0.186 e. The first-order valence-corrected chi connectivity index (χ1v) is 8.99. The molecule has 2 aliphatic carbocycles. The maximum atomic E-state index is 5.27. The molecular weight excluding hydrogens is 282 g/mol. The summed E-state index contributed by atoms with van der Waals surface area (Å²) in [6.45, 7) is 7.12. The van der Waals surface area contributed by atoms with E-state index in [4.69, 9.17) is 9.72 Å². The molecule has 2 saturated carbocycles. The Bertz CT molecular complexity index is 466. The van der Waals surface area contributed by atoms with Gasteiger partial charge in [0.2, 0.25) is 0 Å². The number of hydrogen-bond acceptors (Lipinski definition) is 5. The van der Waals surface area contributed by atoms with Crippen LogP contribution in [0.1, 0.15) is 56.0 Å². The maximum Gasteiger partial charge on any atom is 0.186 e. The number of nitrogens with zero attached hydrogens (tertiary/aromatic N) is 2. The lowest BCUT2D eigenvalue weighted by Gasteiger charge is -2.20. The molecule has 0 saturated heterocycles. The van der Waals surface area contributed by atoms with E-state index in [1.165, 1.54) is 41.4 Å². The number of methoxy groups -OCH3 is 1. The minimum absolute atomic E-state index is 0.524. The molecule has 2 fully saturated rings. The Morgan fingerprint density at radius 1 is 1.33 bits per heavy atom. The third kappa shape index (κ3) is 3.96. The van der Waals surface area contributed by atoms with Gasteiger partial charge < -0.3 is 15.0 Å². The molecule has 118 valence electrons. The second-order valence-corrected chi connectivity index (χ2v) is 7.59. The molecule has 4 nitrogen and oxygen atoms in total. The fourth-order valence-corrected chi connectivity index (χ4v) is 3.78. The molecule has 0 bridgehead atoms. The van der Waals surface area contributed by atoms with Crippen molar-refractivity contribution in [3.05, 3.63) is 10.6 Å². The van der Waals surface area contributed by atoms with Crippen LogP contribution in [0.5, 0.6) is 0 Å². The number of anilines is 1. The SMILES string of the molecule is COCCN(c1nc(C2CC2)c(CNC(C)C)s1)C1CC1. The van der Waals surface area contributed by atoms with Crippen LogP contribution in [0.4, 0.5) is 5.13 Å². The van der Waals surface area contributed by atoms with Crippen LogP contribution in [-0.4, -0.2) is 37.3 Å². The molecule has 0 aromatic carbocycles. The van der Waals surface area contributed by atoms with Gasteiger partial charge in [0.25, 0.3) is 0 Å². The summed E-state index contributed by atoms with van der Waals surface area (Å²) in [6.07, 6.45) is 5.25. The number of aromatic nitrogens is 1. The van der Waals surface area contributed by atoms with Gasteiger partial charge in [-0.1, -0.05) is 13.8 Å². The molecule has 0 amide bonds. The maximum absolute atomic E-state index is 5.27. The molecule has 0 atom stereocenters. The van der Waals surface area contributed by atoms with E-state index in [9.17, 15) is 0 Å². The minimum atomic E-state index is 0.524. The fraction of sp³-hybridized carbons (Fsp3) is 0.812. The standard InChI is InChI=1S/C16H27N3OS/c1-11(2)17-10-14-15(12-4-5-12)18-16(21-14)19(8-9-20-3)13-6-7-13/h11-13,17H,4-10H2,1-3H3. The van der Waals surface area contributed by atoms with Crippen LogP contribution in [-0.2, 0) is 11.3 Å². The Balaban J connectivity index is 1.75. The molecule has 2 aliphatic rings. The Labute approximate surface area is 131 Å². The van der Waals surface area contributed by atoms with Crippen molar-refractivity contribution in [1.29, 1.82) is 0 Å². The quantitative estimate of drug-likeness (QED) is 0.760. The average Bonchev–Trinajstić information content (AvgIpc) is 3.35. The van der Waals surface area contributed by atoms with Gasteiger partial charge >= 0.3 is 0 Å². The third-order valence-electron chi connectivity index (χ3n) is 4.12. The van der Waals surface area contributed by atoms with Gasteiger partial charge in [0.15, 0.2) is 5.13 Å². The van der Waals surface area contributed by atoms with Gasteiger partial charge in [-0.05, 0) is 25.7 Å². The number of nitrogens with one attached hydrogen (secondary N) is 1. The van der Waals surface area contributed by atoms with E-state index in [2.05, 4.69) is 24.1 Å². The van der Waals surface area contributed by atoms with Crippen molar-refractivity contribution >= 4 is 16.5 Å². The summed E-state index contributed by atoms with van der Waals surface area (Å²) in [5, 5.41) is 4.77. The summed E-state index contributed by atoms with van der Waals surface area (Å²) in [7, 11) is 1.78. The summed E-state index contributed by atoms with van der Waals surface area (Å²) in [6, 6.07) is 1.22. The van der Waals surface area contributed by atoms with Gasteiger partial charge in [0.1, 0.15) is 0 Å². The second kappa shape index (κ2) is 6.63. The highest BCUT2D eigenvalue weighted by atomic mass is 32.1. The molecule has 21 heavy (non-hydrogen) atoms. The summed E-state index contributed by atoms with van der Waals surface area (Å²) in [5.74, 6) is 0.724. The van der Waals surface area contributed by atoms with E-state index in [0.29, 0.717) is 12.1 Å². The van der Waals surface area contributed by atoms with Gasteiger partial charge in [0.05, 0.1) is 12.3 Å². The first-order chi connectivity index (χ1) is 10.2. The lowest BCUT2D eigenvalue weighted by molar-refractivity contribution is 0.205. The largest absolute Gasteiger partial charge is 0.383 e. The van der Waals surface area contributed by atoms with E-state index in [1.54, 1.807) is 7.11 Å². The van der Waals surface area contributed by atoms with Crippen molar-refractivity contribution in [3.63, 3.8) is 0 Å². The number of ether oxygens (including phenoxy) is 1. The molecule has 0 unspecified atom stereocenters. The zero-order valence-electron chi connectivity index (χ0n) is 13.4.